The van der Waals surface area contributed by atoms with Gasteiger partial charge in [-0.1, -0.05) is 24.3 Å². The average Bonchev–Trinajstić information content (AvgIpc) is 3.55. The summed E-state index contributed by atoms with van der Waals surface area (Å²) in [6.07, 6.45) is 2.69. The van der Waals surface area contributed by atoms with Crippen LogP contribution in [-0.2, 0) is 0 Å². The lowest BCUT2D eigenvalue weighted by atomic mass is 10.1. The molecule has 2 amide bonds. The number of anilines is 1. The minimum absolute atomic E-state index is 0.0817. The summed E-state index contributed by atoms with van der Waals surface area (Å²) in [4.78, 5) is 36.8. The van der Waals surface area contributed by atoms with Crippen molar-refractivity contribution in [3.05, 3.63) is 59.7 Å². The number of hydrogen-bond donors (Lipinski definition) is 1. The van der Waals surface area contributed by atoms with E-state index in [1.165, 1.54) is 14.2 Å². The number of rotatable bonds is 9. The highest BCUT2D eigenvalue weighted by Crippen LogP contribution is 2.43. The van der Waals surface area contributed by atoms with Gasteiger partial charge in [-0.15, -0.1) is 0 Å². The molecule has 2 saturated heterocycles. The fourth-order valence-electron chi connectivity index (χ4n) is 6.62. The first kappa shape index (κ1) is 30.5. The maximum Gasteiger partial charge on any atom is 0.257 e. The van der Waals surface area contributed by atoms with E-state index in [1.54, 1.807) is 40.3 Å². The van der Waals surface area contributed by atoms with Crippen molar-refractivity contribution in [2.24, 2.45) is 4.99 Å². The number of aliphatic hydroxyl groups is 1. The normalized spacial score (nSPS) is 22.2. The lowest BCUT2D eigenvalue weighted by molar-refractivity contribution is 0.0497. The molecular weight excluding hydrogens is 576 g/mol. The van der Waals surface area contributed by atoms with Crippen molar-refractivity contribution < 1.29 is 33.6 Å². The molecule has 0 aromatic heterocycles. The summed E-state index contributed by atoms with van der Waals surface area (Å²) in [6.45, 7) is 13.6. The predicted molar refractivity (Wildman–Crippen MR) is 171 cm³/mol. The standard InChI is InChI=1S/C34H40N4O7/c1-19(2)38-26-15-31(29(43-6)13-24(26)33(40)37-18-21(4)11-27(37)34(38)41)45-9-7-8-44-30-14-25-23(12-28(30)42-5)32(39)36-17-20(3)10-22(36)16-35-25/h12-16,19,22,27,34,41H,3-4,7-11,17-18H2,1-2,5-6H3/t22-,27-,34?/m0/s1. The van der Waals surface area contributed by atoms with Crippen LogP contribution in [0.5, 0.6) is 23.0 Å². The number of fused-ring (bicyclic) bond motifs is 4. The number of ether oxygens (including phenoxy) is 4. The molecule has 0 aliphatic carbocycles. The van der Waals surface area contributed by atoms with E-state index in [2.05, 4.69) is 18.2 Å². The van der Waals surface area contributed by atoms with Crippen molar-refractivity contribution >= 4 is 29.4 Å². The fraction of sp³-hybridized carbons (Fsp3) is 0.441. The van der Waals surface area contributed by atoms with E-state index in [0.29, 0.717) is 91.1 Å². The average molecular weight is 617 g/mol. The van der Waals surface area contributed by atoms with E-state index >= 15 is 0 Å². The Hall–Kier alpha value is -4.51. The molecule has 3 atom stereocenters. The second-order valence-corrected chi connectivity index (χ2v) is 12.2. The van der Waals surface area contributed by atoms with Crippen LogP contribution < -0.4 is 23.8 Å². The molecule has 11 nitrogen and oxygen atoms in total. The van der Waals surface area contributed by atoms with Crippen LogP contribution in [0.3, 0.4) is 0 Å². The number of aliphatic hydroxyl groups excluding tert-OH is 1. The molecule has 2 aromatic rings. The first-order chi connectivity index (χ1) is 21.6. The Labute approximate surface area is 263 Å². The maximum absolute atomic E-state index is 13.6. The first-order valence-corrected chi connectivity index (χ1v) is 15.3. The Morgan fingerprint density at radius 2 is 1.47 bits per heavy atom. The zero-order valence-corrected chi connectivity index (χ0v) is 26.2. The van der Waals surface area contributed by atoms with Crippen molar-refractivity contribution in [2.45, 2.75) is 57.5 Å². The molecule has 0 spiro atoms. The lowest BCUT2D eigenvalue weighted by Crippen LogP contribution is -2.50. The van der Waals surface area contributed by atoms with Gasteiger partial charge in [0.05, 0.1) is 62.0 Å². The molecule has 4 aliphatic heterocycles. The molecule has 4 heterocycles. The number of methoxy groups -OCH3 is 2. The molecule has 11 heteroatoms. The van der Waals surface area contributed by atoms with Crippen molar-refractivity contribution in [1.29, 1.82) is 0 Å². The van der Waals surface area contributed by atoms with Gasteiger partial charge in [-0.05, 0) is 38.8 Å². The van der Waals surface area contributed by atoms with E-state index < -0.39 is 6.23 Å². The first-order valence-electron chi connectivity index (χ1n) is 15.3. The van der Waals surface area contributed by atoms with Gasteiger partial charge < -0.3 is 38.8 Å². The van der Waals surface area contributed by atoms with Gasteiger partial charge in [0.1, 0.15) is 6.23 Å². The highest BCUT2D eigenvalue weighted by Gasteiger charge is 2.44. The highest BCUT2D eigenvalue weighted by atomic mass is 16.5. The number of carbonyl (C=O) groups excluding carboxylic acids is 2. The lowest BCUT2D eigenvalue weighted by Gasteiger charge is -2.36. The molecule has 238 valence electrons. The summed E-state index contributed by atoms with van der Waals surface area (Å²) < 4.78 is 23.4. The Kier molecular flexibility index (Phi) is 8.22. The van der Waals surface area contributed by atoms with Crippen LogP contribution in [0, 0.1) is 0 Å². The van der Waals surface area contributed by atoms with E-state index in [1.807, 2.05) is 18.7 Å². The zero-order chi connectivity index (χ0) is 32.0. The molecule has 1 unspecified atom stereocenters. The zero-order valence-electron chi connectivity index (χ0n) is 26.2. The van der Waals surface area contributed by atoms with Crippen LogP contribution in [-0.4, -0.2) is 97.8 Å². The summed E-state index contributed by atoms with van der Waals surface area (Å²) in [5.74, 6) is 1.56. The van der Waals surface area contributed by atoms with Gasteiger partial charge in [0.25, 0.3) is 11.8 Å². The largest absolute Gasteiger partial charge is 0.493 e. The minimum atomic E-state index is -0.893. The second kappa shape index (κ2) is 12.1. The number of carbonyl (C=O) groups is 2. The van der Waals surface area contributed by atoms with Crippen LogP contribution in [0.2, 0.25) is 0 Å². The SMILES string of the molecule is C=C1C[C@H]2C=Nc3cc(OCCCOc4cc5c(cc4OC)C(=O)N4CC(=C)C[C@H]4C(O)N5C(C)C)c(OC)cc3C(=O)N2C1. The van der Waals surface area contributed by atoms with Crippen LogP contribution in [0.15, 0.2) is 53.6 Å². The Bertz CT molecular complexity index is 1580. The Balaban J connectivity index is 1.16. The quantitative estimate of drug-likeness (QED) is 0.327. The van der Waals surface area contributed by atoms with Gasteiger partial charge in [-0.25, -0.2) is 0 Å². The van der Waals surface area contributed by atoms with Crippen LogP contribution in [0.25, 0.3) is 0 Å². The fourth-order valence-corrected chi connectivity index (χ4v) is 6.62. The minimum Gasteiger partial charge on any atom is -0.493 e. The monoisotopic (exact) mass is 616 g/mol. The number of aliphatic imine (C=N–C) groups is 1. The molecule has 1 N–H and O–H groups in total. The molecule has 2 aromatic carbocycles. The van der Waals surface area contributed by atoms with Crippen molar-refractivity contribution in [1.82, 2.24) is 9.80 Å². The molecule has 0 bridgehead atoms. The maximum atomic E-state index is 13.6. The highest BCUT2D eigenvalue weighted by molar-refractivity contribution is 6.04. The molecule has 0 radical (unpaired) electrons. The predicted octanol–water partition coefficient (Wildman–Crippen LogP) is 4.36. The Morgan fingerprint density at radius 3 is 2.13 bits per heavy atom. The summed E-state index contributed by atoms with van der Waals surface area (Å²) in [7, 11) is 3.07. The molecule has 4 aliphatic rings. The van der Waals surface area contributed by atoms with Gasteiger partial charge >= 0.3 is 0 Å². The van der Waals surface area contributed by atoms with E-state index in [9.17, 15) is 14.7 Å². The summed E-state index contributed by atoms with van der Waals surface area (Å²) in [6, 6.07) is 6.33. The Morgan fingerprint density at radius 1 is 0.867 bits per heavy atom. The number of amides is 2. The second-order valence-electron chi connectivity index (χ2n) is 12.2. The molecule has 2 fully saturated rings. The van der Waals surface area contributed by atoms with Gasteiger partial charge in [0.2, 0.25) is 0 Å². The van der Waals surface area contributed by atoms with Gasteiger partial charge in [-0.2, -0.15) is 0 Å². The summed E-state index contributed by atoms with van der Waals surface area (Å²) in [5.41, 5.74) is 3.99. The summed E-state index contributed by atoms with van der Waals surface area (Å²) in [5, 5.41) is 11.4. The van der Waals surface area contributed by atoms with Crippen molar-refractivity contribution in [3.8, 4) is 23.0 Å². The summed E-state index contributed by atoms with van der Waals surface area (Å²) >= 11 is 0. The number of benzene rings is 2. The molecule has 45 heavy (non-hydrogen) atoms. The molecule has 6 rings (SSSR count). The third-order valence-electron chi connectivity index (χ3n) is 8.78. The molecular formula is C34H40N4O7. The third kappa shape index (κ3) is 5.50. The van der Waals surface area contributed by atoms with Gasteiger partial charge in [0, 0.05) is 43.9 Å². The molecule has 0 saturated carbocycles. The van der Waals surface area contributed by atoms with Gasteiger partial charge in [-0.3, -0.25) is 14.6 Å². The smallest absolute Gasteiger partial charge is 0.257 e. The number of hydrogen-bond acceptors (Lipinski definition) is 9. The van der Waals surface area contributed by atoms with Crippen LogP contribution >= 0.6 is 0 Å². The van der Waals surface area contributed by atoms with Crippen LogP contribution in [0.1, 0.15) is 53.8 Å². The van der Waals surface area contributed by atoms with Crippen molar-refractivity contribution in [2.75, 3.05) is 45.4 Å². The van der Waals surface area contributed by atoms with E-state index in [-0.39, 0.29) is 29.9 Å². The van der Waals surface area contributed by atoms with Crippen molar-refractivity contribution in [3.63, 3.8) is 0 Å². The van der Waals surface area contributed by atoms with E-state index in [0.717, 1.165) is 11.1 Å². The van der Waals surface area contributed by atoms with E-state index in [4.69, 9.17) is 18.9 Å². The topological polar surface area (TPSA) is 113 Å². The number of nitrogens with zero attached hydrogens (tertiary/aromatic N) is 4. The van der Waals surface area contributed by atoms with Gasteiger partial charge in [0.15, 0.2) is 23.0 Å². The van der Waals surface area contributed by atoms with Crippen LogP contribution in [0.4, 0.5) is 11.4 Å². The third-order valence-corrected chi connectivity index (χ3v) is 8.78.